The number of rotatable bonds is 5. The summed E-state index contributed by atoms with van der Waals surface area (Å²) < 4.78 is 25.1. The van der Waals surface area contributed by atoms with Crippen molar-refractivity contribution in [3.63, 3.8) is 0 Å². The Morgan fingerprint density at radius 2 is 2.06 bits per heavy atom. The lowest BCUT2D eigenvalue weighted by Gasteiger charge is -2.00. The molecule has 0 aliphatic heterocycles. The Hall–Kier alpha value is -1.31. The predicted molar refractivity (Wildman–Crippen MR) is 71.6 cm³/mol. The van der Waals surface area contributed by atoms with Crippen molar-refractivity contribution in [3.05, 3.63) is 34.9 Å². The first kappa shape index (κ1) is 13.1. The highest BCUT2D eigenvalue weighted by Gasteiger charge is 2.09. The van der Waals surface area contributed by atoms with E-state index in [0.29, 0.717) is 0 Å². The Morgan fingerprint density at radius 1 is 1.33 bits per heavy atom. The summed E-state index contributed by atoms with van der Waals surface area (Å²) >= 11 is 1.44. The maximum atomic E-state index is 11.3. The molecule has 18 heavy (non-hydrogen) atoms. The molecule has 0 saturated heterocycles. The molecule has 0 unspecified atom stereocenters. The van der Waals surface area contributed by atoms with E-state index in [-0.39, 0.29) is 12.3 Å². The smallest absolute Gasteiger partial charge is 0.211 e. The molecule has 0 amide bonds. The maximum absolute atomic E-state index is 11.3. The summed E-state index contributed by atoms with van der Waals surface area (Å²) in [5.74, 6) is 0.0790. The molecular formula is C11H13N3O2S2. The molecule has 0 aliphatic carbocycles. The molecule has 7 heteroatoms. The van der Waals surface area contributed by atoms with Crippen molar-refractivity contribution in [2.75, 3.05) is 5.75 Å². The van der Waals surface area contributed by atoms with Crippen molar-refractivity contribution >= 4 is 21.4 Å². The summed E-state index contributed by atoms with van der Waals surface area (Å²) in [5, 5.41) is 2.66. The molecule has 0 saturated carbocycles. The van der Waals surface area contributed by atoms with Gasteiger partial charge in [-0.25, -0.2) is 18.1 Å². The molecule has 0 fully saturated rings. The van der Waals surface area contributed by atoms with Crippen molar-refractivity contribution in [2.24, 2.45) is 0 Å². The van der Waals surface area contributed by atoms with Crippen molar-refractivity contribution in [2.45, 2.75) is 13.5 Å². The molecule has 2 heterocycles. The van der Waals surface area contributed by atoms with Crippen LogP contribution in [0.5, 0.6) is 0 Å². The highest BCUT2D eigenvalue weighted by molar-refractivity contribution is 7.89. The van der Waals surface area contributed by atoms with Crippen LogP contribution >= 0.6 is 11.3 Å². The Bertz CT molecular complexity index is 608. The summed E-state index contributed by atoms with van der Waals surface area (Å²) in [6.07, 6.45) is 3.41. The topological polar surface area (TPSA) is 72.0 Å². The number of hydrogen-bond donors (Lipinski definition) is 1. The molecule has 0 aliphatic rings. The van der Waals surface area contributed by atoms with E-state index in [1.165, 1.54) is 11.3 Å². The molecule has 1 N–H and O–H groups in total. The first-order chi connectivity index (χ1) is 8.61. The first-order valence-electron chi connectivity index (χ1n) is 5.43. The van der Waals surface area contributed by atoms with E-state index in [0.717, 1.165) is 16.3 Å². The molecule has 0 spiro atoms. The Labute approximate surface area is 110 Å². The molecule has 2 aromatic rings. The van der Waals surface area contributed by atoms with E-state index in [4.69, 9.17) is 0 Å². The molecule has 5 nitrogen and oxygen atoms in total. The quantitative estimate of drug-likeness (QED) is 0.905. The molecule has 2 aromatic heterocycles. The SMILES string of the molecule is CCS(=O)(=O)NCc1nc(-c2ccncc2)cs1. The lowest BCUT2D eigenvalue weighted by molar-refractivity contribution is 0.582. The van der Waals surface area contributed by atoms with Gasteiger partial charge >= 0.3 is 0 Å². The van der Waals surface area contributed by atoms with Crippen LogP contribution in [0.2, 0.25) is 0 Å². The summed E-state index contributed by atoms with van der Waals surface area (Å²) in [6, 6.07) is 3.74. The van der Waals surface area contributed by atoms with Gasteiger partial charge in [-0.3, -0.25) is 4.98 Å². The summed E-state index contributed by atoms with van der Waals surface area (Å²) in [7, 11) is -3.17. The van der Waals surface area contributed by atoms with Crippen molar-refractivity contribution in [1.29, 1.82) is 0 Å². The number of thiazole rings is 1. The number of nitrogens with zero attached hydrogens (tertiary/aromatic N) is 2. The number of sulfonamides is 1. The van der Waals surface area contributed by atoms with Crippen LogP contribution in [0, 0.1) is 0 Å². The average molecular weight is 283 g/mol. The van der Waals surface area contributed by atoms with E-state index in [1.54, 1.807) is 19.3 Å². The van der Waals surface area contributed by atoms with Gasteiger partial charge in [0.1, 0.15) is 5.01 Å². The standard InChI is InChI=1S/C11H13N3O2S2/c1-2-18(15,16)13-7-11-14-10(8-17-11)9-3-5-12-6-4-9/h3-6,8,13H,2,7H2,1H3. The van der Waals surface area contributed by atoms with Crippen molar-refractivity contribution in [3.8, 4) is 11.3 Å². The second-order valence-electron chi connectivity index (χ2n) is 3.59. The lowest BCUT2D eigenvalue weighted by Crippen LogP contribution is -2.24. The fourth-order valence-corrected chi connectivity index (χ4v) is 2.72. The third-order valence-corrected chi connectivity index (χ3v) is 4.54. The number of hydrogen-bond acceptors (Lipinski definition) is 5. The average Bonchev–Trinajstić information content (AvgIpc) is 2.86. The van der Waals surface area contributed by atoms with Crippen LogP contribution in [-0.2, 0) is 16.6 Å². The molecule has 96 valence electrons. The first-order valence-corrected chi connectivity index (χ1v) is 7.96. The van der Waals surface area contributed by atoms with Gasteiger partial charge < -0.3 is 0 Å². The number of pyridine rings is 1. The van der Waals surface area contributed by atoms with Gasteiger partial charge in [0, 0.05) is 23.3 Å². The Kier molecular flexibility index (Phi) is 4.05. The minimum absolute atomic E-state index is 0.0790. The normalized spacial score (nSPS) is 11.6. The molecular weight excluding hydrogens is 270 g/mol. The van der Waals surface area contributed by atoms with Gasteiger partial charge in [0.2, 0.25) is 10.0 Å². The van der Waals surface area contributed by atoms with E-state index in [1.807, 2.05) is 17.5 Å². The van der Waals surface area contributed by atoms with Crippen LogP contribution in [0.4, 0.5) is 0 Å². The third-order valence-electron chi connectivity index (χ3n) is 2.35. The second-order valence-corrected chi connectivity index (χ2v) is 6.63. The van der Waals surface area contributed by atoms with Crippen LogP contribution in [0.25, 0.3) is 11.3 Å². The highest BCUT2D eigenvalue weighted by Crippen LogP contribution is 2.20. The minimum Gasteiger partial charge on any atom is -0.265 e. The molecule has 2 rings (SSSR count). The zero-order valence-corrected chi connectivity index (χ0v) is 11.5. The van der Waals surface area contributed by atoms with Gasteiger partial charge in [0.05, 0.1) is 18.0 Å². The zero-order chi connectivity index (χ0) is 13.0. The maximum Gasteiger partial charge on any atom is 0.211 e. The summed E-state index contributed by atoms with van der Waals surface area (Å²) in [5.41, 5.74) is 1.82. The van der Waals surface area contributed by atoms with Gasteiger partial charge in [0.25, 0.3) is 0 Å². The van der Waals surface area contributed by atoms with Crippen molar-refractivity contribution in [1.82, 2.24) is 14.7 Å². The minimum atomic E-state index is -3.17. The Balaban J connectivity index is 2.08. The molecule has 0 bridgehead atoms. The van der Waals surface area contributed by atoms with E-state index >= 15 is 0 Å². The van der Waals surface area contributed by atoms with Crippen LogP contribution in [0.15, 0.2) is 29.9 Å². The van der Waals surface area contributed by atoms with E-state index < -0.39 is 10.0 Å². The fraction of sp³-hybridized carbons (Fsp3) is 0.273. The van der Waals surface area contributed by atoms with Crippen LogP contribution in [0.1, 0.15) is 11.9 Å². The second kappa shape index (κ2) is 5.55. The van der Waals surface area contributed by atoms with Gasteiger partial charge in [0.15, 0.2) is 0 Å². The number of nitrogens with one attached hydrogen (secondary N) is 1. The monoisotopic (exact) mass is 283 g/mol. The van der Waals surface area contributed by atoms with Crippen molar-refractivity contribution < 1.29 is 8.42 Å². The predicted octanol–water partition coefficient (Wildman–Crippen LogP) is 1.64. The van der Waals surface area contributed by atoms with Gasteiger partial charge in [-0.1, -0.05) is 0 Å². The van der Waals surface area contributed by atoms with Gasteiger partial charge in [-0.2, -0.15) is 0 Å². The molecule has 0 radical (unpaired) electrons. The molecule has 0 atom stereocenters. The van der Waals surface area contributed by atoms with Crippen LogP contribution in [-0.4, -0.2) is 24.1 Å². The van der Waals surface area contributed by atoms with Gasteiger partial charge in [-0.05, 0) is 19.1 Å². The largest absolute Gasteiger partial charge is 0.265 e. The van der Waals surface area contributed by atoms with Gasteiger partial charge in [-0.15, -0.1) is 11.3 Å². The number of aromatic nitrogens is 2. The third kappa shape index (κ3) is 3.34. The van der Waals surface area contributed by atoms with E-state index in [9.17, 15) is 8.42 Å². The van der Waals surface area contributed by atoms with Crippen LogP contribution < -0.4 is 4.72 Å². The van der Waals surface area contributed by atoms with E-state index in [2.05, 4.69) is 14.7 Å². The van der Waals surface area contributed by atoms with Crippen LogP contribution in [0.3, 0.4) is 0 Å². The zero-order valence-electron chi connectivity index (χ0n) is 9.83. The summed E-state index contributed by atoms with van der Waals surface area (Å²) in [6.45, 7) is 1.85. The molecule has 0 aromatic carbocycles. The summed E-state index contributed by atoms with van der Waals surface area (Å²) in [4.78, 5) is 8.32. The highest BCUT2D eigenvalue weighted by atomic mass is 32.2. The fourth-order valence-electron chi connectivity index (χ4n) is 1.32. The Morgan fingerprint density at radius 3 is 2.72 bits per heavy atom. The lowest BCUT2D eigenvalue weighted by atomic mass is 10.2.